The van der Waals surface area contributed by atoms with Gasteiger partial charge in [0.25, 0.3) is 0 Å². The predicted octanol–water partition coefficient (Wildman–Crippen LogP) is 2.54. The van der Waals surface area contributed by atoms with E-state index >= 15 is 0 Å². The van der Waals surface area contributed by atoms with Crippen molar-refractivity contribution in [3.63, 3.8) is 0 Å². The van der Waals surface area contributed by atoms with E-state index in [1.807, 2.05) is 10.7 Å². The van der Waals surface area contributed by atoms with Crippen LogP contribution in [0.4, 0.5) is 0 Å². The average molecular weight is 273 g/mol. The van der Waals surface area contributed by atoms with E-state index in [1.165, 1.54) is 5.56 Å². The molecule has 5 heteroatoms. The molecular formula is C15H23N5. The average Bonchev–Trinajstić information content (AvgIpc) is 2.93. The summed E-state index contributed by atoms with van der Waals surface area (Å²) in [5.41, 5.74) is 1.34. The maximum absolute atomic E-state index is 4.08. The van der Waals surface area contributed by atoms with Gasteiger partial charge in [0.2, 0.25) is 0 Å². The van der Waals surface area contributed by atoms with Crippen molar-refractivity contribution in [3.05, 3.63) is 41.7 Å². The topological polar surface area (TPSA) is 55.6 Å². The van der Waals surface area contributed by atoms with Gasteiger partial charge < -0.3 is 5.32 Å². The van der Waals surface area contributed by atoms with Gasteiger partial charge in [-0.2, -0.15) is 0 Å². The molecule has 1 N–H and O–H groups in total. The van der Waals surface area contributed by atoms with Crippen LogP contribution in [-0.2, 0) is 6.54 Å². The molecule has 0 aliphatic rings. The van der Waals surface area contributed by atoms with Crippen LogP contribution in [0.3, 0.4) is 0 Å². The van der Waals surface area contributed by atoms with Crippen LogP contribution in [0.25, 0.3) is 0 Å². The molecule has 108 valence electrons. The molecule has 0 spiro atoms. The van der Waals surface area contributed by atoms with E-state index in [0.717, 1.165) is 5.82 Å². The number of aromatic nitrogens is 4. The Morgan fingerprint density at radius 3 is 2.45 bits per heavy atom. The third-order valence-electron chi connectivity index (χ3n) is 3.71. The molecule has 0 saturated carbocycles. The van der Waals surface area contributed by atoms with Gasteiger partial charge in [0.05, 0.1) is 12.6 Å². The normalized spacial score (nSPS) is 14.4. The van der Waals surface area contributed by atoms with Crippen LogP contribution in [-0.4, -0.2) is 26.2 Å². The zero-order valence-corrected chi connectivity index (χ0v) is 12.6. The summed E-state index contributed by atoms with van der Waals surface area (Å²) in [7, 11) is 0. The Morgan fingerprint density at radius 2 is 1.80 bits per heavy atom. The van der Waals surface area contributed by atoms with Crippen molar-refractivity contribution in [2.75, 3.05) is 0 Å². The van der Waals surface area contributed by atoms with Gasteiger partial charge in [-0.05, 0) is 42.7 Å². The van der Waals surface area contributed by atoms with Crippen molar-refractivity contribution in [1.82, 2.24) is 25.5 Å². The zero-order chi connectivity index (χ0) is 14.5. The van der Waals surface area contributed by atoms with Gasteiger partial charge in [-0.25, -0.2) is 4.68 Å². The maximum Gasteiger partial charge on any atom is 0.165 e. The van der Waals surface area contributed by atoms with E-state index in [9.17, 15) is 0 Å². The molecule has 1 heterocycles. The second kappa shape index (κ2) is 6.61. The van der Waals surface area contributed by atoms with Gasteiger partial charge in [-0.1, -0.05) is 37.3 Å². The third-order valence-corrected chi connectivity index (χ3v) is 3.71. The summed E-state index contributed by atoms with van der Waals surface area (Å²) < 4.78 is 1.85. The summed E-state index contributed by atoms with van der Waals surface area (Å²) in [5.74, 6) is 1.33. The van der Waals surface area contributed by atoms with Crippen molar-refractivity contribution in [2.45, 2.75) is 52.2 Å². The Bertz CT molecular complexity index is 520. The van der Waals surface area contributed by atoms with Crippen LogP contribution < -0.4 is 5.32 Å². The minimum absolute atomic E-state index is 0.281. The highest BCUT2D eigenvalue weighted by atomic mass is 15.5. The lowest BCUT2D eigenvalue weighted by Gasteiger charge is -2.21. The summed E-state index contributed by atoms with van der Waals surface area (Å²) >= 11 is 0. The van der Waals surface area contributed by atoms with Crippen molar-refractivity contribution in [1.29, 1.82) is 0 Å². The first kappa shape index (κ1) is 14.7. The lowest BCUT2D eigenvalue weighted by atomic mass is 9.94. The van der Waals surface area contributed by atoms with Gasteiger partial charge in [-0.15, -0.1) is 5.10 Å². The fourth-order valence-corrected chi connectivity index (χ4v) is 2.20. The Labute approximate surface area is 120 Å². The molecule has 0 amide bonds. The fourth-order valence-electron chi connectivity index (χ4n) is 2.20. The van der Waals surface area contributed by atoms with Gasteiger partial charge in [0.15, 0.2) is 5.82 Å². The fraction of sp³-hybridized carbons (Fsp3) is 0.533. The van der Waals surface area contributed by atoms with Gasteiger partial charge >= 0.3 is 0 Å². The summed E-state index contributed by atoms with van der Waals surface area (Å²) in [6.45, 7) is 9.27. The molecule has 0 aliphatic heterocycles. The molecule has 0 fully saturated rings. The van der Waals surface area contributed by atoms with E-state index in [1.54, 1.807) is 0 Å². The number of hydrogen-bond donors (Lipinski definition) is 1. The molecule has 1 aromatic heterocycles. The first-order chi connectivity index (χ1) is 9.59. The van der Waals surface area contributed by atoms with Crippen LogP contribution >= 0.6 is 0 Å². The zero-order valence-electron chi connectivity index (χ0n) is 12.6. The van der Waals surface area contributed by atoms with E-state index < -0.39 is 0 Å². The molecule has 0 radical (unpaired) electrons. The molecule has 2 atom stereocenters. The minimum atomic E-state index is 0.281. The molecule has 0 aliphatic carbocycles. The van der Waals surface area contributed by atoms with E-state index in [-0.39, 0.29) is 6.04 Å². The molecule has 20 heavy (non-hydrogen) atoms. The van der Waals surface area contributed by atoms with Crippen molar-refractivity contribution >= 4 is 0 Å². The van der Waals surface area contributed by atoms with Crippen LogP contribution in [0.5, 0.6) is 0 Å². The smallest absolute Gasteiger partial charge is 0.165 e. The second-order valence-electron chi connectivity index (χ2n) is 5.50. The van der Waals surface area contributed by atoms with E-state index in [0.29, 0.717) is 18.5 Å². The lowest BCUT2D eigenvalue weighted by Crippen LogP contribution is -2.31. The molecule has 5 nitrogen and oxygen atoms in total. The van der Waals surface area contributed by atoms with E-state index in [2.05, 4.69) is 72.8 Å². The summed E-state index contributed by atoms with van der Waals surface area (Å²) in [5, 5.41) is 15.4. The van der Waals surface area contributed by atoms with Crippen LogP contribution in [0.2, 0.25) is 0 Å². The van der Waals surface area contributed by atoms with Crippen molar-refractivity contribution < 1.29 is 0 Å². The van der Waals surface area contributed by atoms with Gasteiger partial charge in [0.1, 0.15) is 0 Å². The van der Waals surface area contributed by atoms with Crippen LogP contribution in [0.1, 0.15) is 51.0 Å². The number of nitrogens with one attached hydrogen (secondary N) is 1. The largest absolute Gasteiger partial charge is 0.307 e. The molecule has 2 aromatic rings. The minimum Gasteiger partial charge on any atom is -0.307 e. The van der Waals surface area contributed by atoms with Crippen molar-refractivity contribution in [2.24, 2.45) is 0 Å². The highest BCUT2D eigenvalue weighted by Gasteiger charge is 2.15. The van der Waals surface area contributed by atoms with Gasteiger partial charge in [0, 0.05) is 6.04 Å². The van der Waals surface area contributed by atoms with Gasteiger partial charge in [-0.3, -0.25) is 0 Å². The third kappa shape index (κ3) is 3.42. The SMILES string of the molecule is CC(C)n1nnnc1CN[C@@H](C)[C@@H](C)c1ccccc1. The molecule has 0 bridgehead atoms. The summed E-state index contributed by atoms with van der Waals surface area (Å²) in [6, 6.07) is 11.2. The Hall–Kier alpha value is -1.75. The monoisotopic (exact) mass is 273 g/mol. The second-order valence-corrected chi connectivity index (χ2v) is 5.50. The lowest BCUT2D eigenvalue weighted by molar-refractivity contribution is 0.440. The molecule has 0 unspecified atom stereocenters. The molecule has 0 saturated heterocycles. The van der Waals surface area contributed by atoms with Crippen LogP contribution in [0, 0.1) is 0 Å². The molecular weight excluding hydrogens is 250 g/mol. The Morgan fingerprint density at radius 1 is 1.10 bits per heavy atom. The highest BCUT2D eigenvalue weighted by Crippen LogP contribution is 2.18. The Kier molecular flexibility index (Phi) is 4.84. The molecule has 1 aromatic carbocycles. The quantitative estimate of drug-likeness (QED) is 0.878. The standard InChI is InChI=1S/C15H23N5/c1-11(2)20-15(17-18-19-20)10-16-13(4)12(3)14-8-6-5-7-9-14/h5-9,11-13,16H,10H2,1-4H3/t12-,13+/m1/s1. The Balaban J connectivity index is 1.95. The maximum atomic E-state index is 4.08. The highest BCUT2D eigenvalue weighted by molar-refractivity contribution is 5.20. The van der Waals surface area contributed by atoms with Crippen LogP contribution in [0.15, 0.2) is 30.3 Å². The number of nitrogens with zero attached hydrogens (tertiary/aromatic N) is 4. The number of rotatable bonds is 6. The number of benzene rings is 1. The molecule has 2 rings (SSSR count). The van der Waals surface area contributed by atoms with Crippen molar-refractivity contribution in [3.8, 4) is 0 Å². The summed E-state index contributed by atoms with van der Waals surface area (Å²) in [6.07, 6.45) is 0. The predicted molar refractivity (Wildman–Crippen MR) is 79.4 cm³/mol. The first-order valence-corrected chi connectivity index (χ1v) is 7.14. The first-order valence-electron chi connectivity index (χ1n) is 7.14. The number of hydrogen-bond acceptors (Lipinski definition) is 4. The van der Waals surface area contributed by atoms with E-state index in [4.69, 9.17) is 0 Å². The summed E-state index contributed by atoms with van der Waals surface area (Å²) in [4.78, 5) is 0. The number of tetrazole rings is 1.